The van der Waals surface area contributed by atoms with Crippen molar-refractivity contribution in [3.05, 3.63) is 59.9 Å². The van der Waals surface area contributed by atoms with Gasteiger partial charge in [0, 0.05) is 6.61 Å². The second kappa shape index (κ2) is 5.46. The van der Waals surface area contributed by atoms with Crippen molar-refractivity contribution >= 4 is 0 Å². The normalized spacial score (nSPS) is 10.2. The molecule has 0 unspecified atom stereocenters. The number of benzene rings is 2. The van der Waals surface area contributed by atoms with Gasteiger partial charge in [-0.25, -0.2) is 4.39 Å². The molecule has 2 aromatic carbocycles. The van der Waals surface area contributed by atoms with Gasteiger partial charge < -0.3 is 9.84 Å². The lowest BCUT2D eigenvalue weighted by atomic mass is 10.1. The van der Waals surface area contributed by atoms with E-state index in [0.717, 1.165) is 5.56 Å². The Morgan fingerprint density at radius 3 is 2.47 bits per heavy atom. The number of hydrogen-bond acceptors (Lipinski definition) is 2. The Bertz CT molecular complexity index is 480. The van der Waals surface area contributed by atoms with Crippen LogP contribution in [0.25, 0.3) is 0 Å². The van der Waals surface area contributed by atoms with Crippen molar-refractivity contribution in [3.63, 3.8) is 0 Å². The molecule has 0 amide bonds. The van der Waals surface area contributed by atoms with Crippen LogP contribution in [0.1, 0.15) is 5.56 Å². The first-order valence-corrected chi connectivity index (χ1v) is 5.41. The van der Waals surface area contributed by atoms with Crippen LogP contribution >= 0.6 is 0 Å². The third-order valence-electron chi connectivity index (χ3n) is 2.35. The molecule has 0 fully saturated rings. The van der Waals surface area contributed by atoms with E-state index in [-0.39, 0.29) is 12.4 Å². The monoisotopic (exact) mass is 232 g/mol. The summed E-state index contributed by atoms with van der Waals surface area (Å²) in [5, 5.41) is 8.85. The van der Waals surface area contributed by atoms with Crippen LogP contribution in [0.4, 0.5) is 4.39 Å². The lowest BCUT2D eigenvalue weighted by Gasteiger charge is -2.07. The molecule has 0 aliphatic heterocycles. The Hall–Kier alpha value is -1.87. The molecule has 2 nitrogen and oxygen atoms in total. The molecule has 0 heterocycles. The Kier molecular flexibility index (Phi) is 3.73. The molecule has 0 saturated heterocycles. The van der Waals surface area contributed by atoms with Crippen molar-refractivity contribution in [2.75, 3.05) is 6.61 Å². The van der Waals surface area contributed by atoms with Gasteiger partial charge in [-0.1, -0.05) is 12.1 Å². The van der Waals surface area contributed by atoms with Gasteiger partial charge in [-0.05, 0) is 48.4 Å². The van der Waals surface area contributed by atoms with Gasteiger partial charge in [0.2, 0.25) is 0 Å². The molecule has 0 aliphatic carbocycles. The van der Waals surface area contributed by atoms with E-state index in [1.54, 1.807) is 12.1 Å². The summed E-state index contributed by atoms with van der Waals surface area (Å²) in [7, 11) is 0. The van der Waals surface area contributed by atoms with Crippen molar-refractivity contribution in [1.82, 2.24) is 0 Å². The minimum atomic E-state index is -0.286. The molecular weight excluding hydrogens is 219 g/mol. The number of aliphatic hydroxyl groups excluding tert-OH is 1. The second-order valence-corrected chi connectivity index (χ2v) is 3.68. The largest absolute Gasteiger partial charge is 0.457 e. The summed E-state index contributed by atoms with van der Waals surface area (Å²) in [6.45, 7) is 0.111. The number of rotatable bonds is 4. The Balaban J connectivity index is 2.12. The van der Waals surface area contributed by atoms with Gasteiger partial charge >= 0.3 is 0 Å². The Morgan fingerprint density at radius 1 is 1.00 bits per heavy atom. The highest BCUT2D eigenvalue weighted by Gasteiger charge is 1.99. The quantitative estimate of drug-likeness (QED) is 0.877. The maximum atomic E-state index is 12.7. The van der Waals surface area contributed by atoms with Crippen LogP contribution in [-0.4, -0.2) is 11.7 Å². The van der Waals surface area contributed by atoms with E-state index in [1.165, 1.54) is 12.1 Å². The zero-order valence-corrected chi connectivity index (χ0v) is 9.27. The smallest absolute Gasteiger partial charge is 0.127 e. The average molecular weight is 232 g/mol. The molecule has 0 spiro atoms. The predicted molar refractivity (Wildman–Crippen MR) is 63.7 cm³/mol. The molecule has 2 rings (SSSR count). The van der Waals surface area contributed by atoms with Gasteiger partial charge in [0.05, 0.1) is 0 Å². The van der Waals surface area contributed by atoms with E-state index in [9.17, 15) is 4.39 Å². The molecule has 2 aromatic rings. The lowest BCUT2D eigenvalue weighted by molar-refractivity contribution is 0.299. The molecule has 88 valence electrons. The summed E-state index contributed by atoms with van der Waals surface area (Å²) < 4.78 is 18.3. The minimum absolute atomic E-state index is 0.111. The molecule has 0 saturated carbocycles. The van der Waals surface area contributed by atoms with Gasteiger partial charge in [0.15, 0.2) is 0 Å². The van der Waals surface area contributed by atoms with Gasteiger partial charge in [-0.15, -0.1) is 0 Å². The standard InChI is InChI=1S/C14H13FO2/c15-12-4-6-13(7-5-12)17-14-3-1-2-11(10-14)8-9-16/h1-7,10,16H,8-9H2. The molecule has 0 aromatic heterocycles. The fraction of sp³-hybridized carbons (Fsp3) is 0.143. The third kappa shape index (κ3) is 3.29. The molecule has 0 atom stereocenters. The molecule has 0 aliphatic rings. The summed E-state index contributed by atoms with van der Waals surface area (Å²) in [6.07, 6.45) is 0.598. The molecule has 17 heavy (non-hydrogen) atoms. The van der Waals surface area contributed by atoms with E-state index < -0.39 is 0 Å². The highest BCUT2D eigenvalue weighted by molar-refractivity contribution is 5.34. The molecule has 0 bridgehead atoms. The highest BCUT2D eigenvalue weighted by Crippen LogP contribution is 2.22. The summed E-state index contributed by atoms with van der Waals surface area (Å²) in [5.41, 5.74) is 1.01. The minimum Gasteiger partial charge on any atom is -0.457 e. The number of halogens is 1. The van der Waals surface area contributed by atoms with Gasteiger partial charge in [-0.2, -0.15) is 0 Å². The molecular formula is C14H13FO2. The van der Waals surface area contributed by atoms with E-state index in [4.69, 9.17) is 9.84 Å². The van der Waals surface area contributed by atoms with Crippen LogP contribution in [-0.2, 0) is 6.42 Å². The Morgan fingerprint density at radius 2 is 1.76 bits per heavy atom. The SMILES string of the molecule is OCCc1cccc(Oc2ccc(F)cc2)c1. The van der Waals surface area contributed by atoms with Crippen LogP contribution < -0.4 is 4.74 Å². The van der Waals surface area contributed by atoms with Crippen LogP contribution in [0.3, 0.4) is 0 Å². The van der Waals surface area contributed by atoms with E-state index in [0.29, 0.717) is 17.9 Å². The topological polar surface area (TPSA) is 29.5 Å². The van der Waals surface area contributed by atoms with Crippen molar-refractivity contribution < 1.29 is 14.2 Å². The van der Waals surface area contributed by atoms with E-state index in [2.05, 4.69) is 0 Å². The average Bonchev–Trinajstić information content (AvgIpc) is 2.33. The summed E-state index contributed by atoms with van der Waals surface area (Å²) in [5.74, 6) is 0.987. The maximum absolute atomic E-state index is 12.7. The summed E-state index contributed by atoms with van der Waals surface area (Å²) in [4.78, 5) is 0. The van der Waals surface area contributed by atoms with Crippen molar-refractivity contribution in [1.29, 1.82) is 0 Å². The fourth-order valence-electron chi connectivity index (χ4n) is 1.53. The van der Waals surface area contributed by atoms with Crippen LogP contribution in [0.2, 0.25) is 0 Å². The van der Waals surface area contributed by atoms with Gasteiger partial charge in [-0.3, -0.25) is 0 Å². The molecule has 3 heteroatoms. The molecule has 1 N–H and O–H groups in total. The van der Waals surface area contributed by atoms with Crippen molar-refractivity contribution in [2.24, 2.45) is 0 Å². The third-order valence-corrected chi connectivity index (χ3v) is 2.35. The first kappa shape index (κ1) is 11.6. The first-order chi connectivity index (χ1) is 8.28. The highest BCUT2D eigenvalue weighted by atomic mass is 19.1. The second-order valence-electron chi connectivity index (χ2n) is 3.68. The van der Waals surface area contributed by atoms with Crippen LogP contribution in [0.5, 0.6) is 11.5 Å². The van der Waals surface area contributed by atoms with Gasteiger partial charge in [0.25, 0.3) is 0 Å². The zero-order chi connectivity index (χ0) is 12.1. The van der Waals surface area contributed by atoms with Crippen molar-refractivity contribution in [3.8, 4) is 11.5 Å². The lowest BCUT2D eigenvalue weighted by Crippen LogP contribution is -1.91. The van der Waals surface area contributed by atoms with E-state index >= 15 is 0 Å². The Labute approximate surface area is 99.3 Å². The maximum Gasteiger partial charge on any atom is 0.127 e. The number of ether oxygens (including phenoxy) is 1. The first-order valence-electron chi connectivity index (χ1n) is 5.41. The van der Waals surface area contributed by atoms with Crippen molar-refractivity contribution in [2.45, 2.75) is 6.42 Å². The zero-order valence-electron chi connectivity index (χ0n) is 9.27. The fourth-order valence-corrected chi connectivity index (χ4v) is 1.53. The predicted octanol–water partition coefficient (Wildman–Crippen LogP) is 3.15. The van der Waals surface area contributed by atoms with Crippen LogP contribution in [0, 0.1) is 5.82 Å². The number of hydrogen-bond donors (Lipinski definition) is 1. The molecule has 0 radical (unpaired) electrons. The summed E-state index contributed by atoms with van der Waals surface area (Å²) in [6, 6.07) is 13.3. The number of aliphatic hydroxyl groups is 1. The van der Waals surface area contributed by atoms with Gasteiger partial charge in [0.1, 0.15) is 17.3 Å². The van der Waals surface area contributed by atoms with Crippen LogP contribution in [0.15, 0.2) is 48.5 Å². The van der Waals surface area contributed by atoms with E-state index in [1.807, 2.05) is 24.3 Å². The summed E-state index contributed by atoms with van der Waals surface area (Å²) >= 11 is 0.